The number of thiazole rings is 1. The number of aliphatic hydroxyl groups excluding tert-OH is 1. The summed E-state index contributed by atoms with van der Waals surface area (Å²) in [7, 11) is 0. The summed E-state index contributed by atoms with van der Waals surface area (Å²) in [5.41, 5.74) is 1.84. The molecule has 0 aliphatic carbocycles. The molecule has 0 spiro atoms. The lowest BCUT2D eigenvalue weighted by molar-refractivity contribution is 0.0918. The van der Waals surface area contributed by atoms with Gasteiger partial charge in [-0.05, 0) is 25.1 Å². The number of hydrogen-bond acceptors (Lipinski definition) is 5. The van der Waals surface area contributed by atoms with Gasteiger partial charge < -0.3 is 15.7 Å². The molecule has 0 aliphatic rings. The number of carbonyl (C=O) groups excluding carboxylic acids is 1. The van der Waals surface area contributed by atoms with Crippen molar-refractivity contribution in [2.45, 2.75) is 13.0 Å². The predicted molar refractivity (Wildman–Crippen MR) is 100 cm³/mol. The fourth-order valence-electron chi connectivity index (χ4n) is 2.44. The van der Waals surface area contributed by atoms with E-state index in [0.29, 0.717) is 5.13 Å². The van der Waals surface area contributed by atoms with Crippen molar-refractivity contribution >= 4 is 28.1 Å². The van der Waals surface area contributed by atoms with Gasteiger partial charge in [0, 0.05) is 11.3 Å². The predicted octanol–water partition coefficient (Wildman–Crippen LogP) is 3.94. The third-order valence-corrected chi connectivity index (χ3v) is 4.79. The van der Waals surface area contributed by atoms with E-state index >= 15 is 0 Å². The molecule has 0 saturated carbocycles. The number of halogens is 2. The smallest absolute Gasteiger partial charge is 0.263 e. The van der Waals surface area contributed by atoms with Gasteiger partial charge in [0.1, 0.15) is 4.88 Å². The van der Waals surface area contributed by atoms with Crippen LogP contribution >= 0.6 is 11.3 Å². The Morgan fingerprint density at radius 3 is 2.67 bits per heavy atom. The molecule has 3 rings (SSSR count). The summed E-state index contributed by atoms with van der Waals surface area (Å²) in [5, 5.41) is 15.6. The van der Waals surface area contributed by atoms with Gasteiger partial charge in [0.05, 0.1) is 18.8 Å². The first kappa shape index (κ1) is 18.9. The van der Waals surface area contributed by atoms with Crippen LogP contribution in [0.2, 0.25) is 0 Å². The Morgan fingerprint density at radius 1 is 1.22 bits per heavy atom. The monoisotopic (exact) mass is 389 g/mol. The Bertz CT molecular complexity index is 944. The molecular formula is C19H17F2N3O2S. The van der Waals surface area contributed by atoms with E-state index in [1.54, 1.807) is 0 Å². The van der Waals surface area contributed by atoms with Crippen molar-refractivity contribution in [3.63, 3.8) is 0 Å². The van der Waals surface area contributed by atoms with E-state index in [0.717, 1.165) is 28.7 Å². The highest BCUT2D eigenvalue weighted by Gasteiger charge is 2.21. The summed E-state index contributed by atoms with van der Waals surface area (Å²) in [5.74, 6) is -2.67. The number of nitrogens with zero attached hydrogens (tertiary/aromatic N) is 1. The molecule has 1 amide bonds. The molecule has 8 heteroatoms. The van der Waals surface area contributed by atoms with Gasteiger partial charge in [0.2, 0.25) is 0 Å². The molecule has 3 aromatic rings. The number of anilines is 2. The van der Waals surface area contributed by atoms with Gasteiger partial charge in [-0.2, -0.15) is 0 Å². The highest BCUT2D eigenvalue weighted by atomic mass is 32.1. The highest BCUT2D eigenvalue weighted by Crippen LogP contribution is 2.24. The Labute approximate surface area is 158 Å². The van der Waals surface area contributed by atoms with Crippen molar-refractivity contribution in [1.82, 2.24) is 10.3 Å². The number of benzene rings is 2. The topological polar surface area (TPSA) is 74.2 Å². The van der Waals surface area contributed by atoms with Crippen LogP contribution in [0.15, 0.2) is 48.7 Å². The van der Waals surface area contributed by atoms with Crippen LogP contribution in [0, 0.1) is 18.6 Å². The van der Waals surface area contributed by atoms with Crippen molar-refractivity contribution in [2.75, 3.05) is 11.9 Å². The van der Waals surface area contributed by atoms with Crippen molar-refractivity contribution in [1.29, 1.82) is 0 Å². The number of aryl methyl sites for hydroxylation is 1. The Balaban J connectivity index is 1.71. The quantitative estimate of drug-likeness (QED) is 0.597. The largest absolute Gasteiger partial charge is 0.394 e. The first-order valence-electron chi connectivity index (χ1n) is 8.13. The molecule has 0 aliphatic heterocycles. The molecule has 0 bridgehead atoms. The number of aromatic nitrogens is 1. The molecule has 27 heavy (non-hydrogen) atoms. The molecule has 1 atom stereocenters. The van der Waals surface area contributed by atoms with Gasteiger partial charge in [0.15, 0.2) is 16.8 Å². The molecule has 5 nitrogen and oxygen atoms in total. The van der Waals surface area contributed by atoms with E-state index in [-0.39, 0.29) is 10.4 Å². The van der Waals surface area contributed by atoms with Crippen LogP contribution in [0.4, 0.5) is 19.6 Å². The standard InChI is InChI=1S/C19H17F2N3O2S/c1-11-5-7-12(8-6-11)23-19-22-9-16(27-19)18(26)24-15(10-25)13-3-2-4-14(20)17(13)21/h2-9,15,25H,10H2,1H3,(H,22,23)(H,24,26). The zero-order valence-electron chi connectivity index (χ0n) is 14.4. The van der Waals surface area contributed by atoms with Crippen LogP contribution in [0.3, 0.4) is 0 Å². The summed E-state index contributed by atoms with van der Waals surface area (Å²) in [4.78, 5) is 16.8. The molecule has 1 unspecified atom stereocenters. The second-order valence-corrected chi connectivity index (χ2v) is 6.90. The third kappa shape index (κ3) is 4.47. The summed E-state index contributed by atoms with van der Waals surface area (Å²) in [6, 6.07) is 10.2. The molecule has 0 radical (unpaired) electrons. The van der Waals surface area contributed by atoms with Gasteiger partial charge in [0.25, 0.3) is 5.91 Å². The Kier molecular flexibility index (Phi) is 5.78. The number of rotatable bonds is 6. The van der Waals surface area contributed by atoms with Gasteiger partial charge in [-0.15, -0.1) is 0 Å². The normalized spacial score (nSPS) is 11.9. The SMILES string of the molecule is Cc1ccc(Nc2ncc(C(=O)NC(CO)c3cccc(F)c3F)s2)cc1. The summed E-state index contributed by atoms with van der Waals surface area (Å²) in [6.45, 7) is 1.41. The van der Waals surface area contributed by atoms with E-state index in [4.69, 9.17) is 0 Å². The maximum absolute atomic E-state index is 13.9. The van der Waals surface area contributed by atoms with Gasteiger partial charge >= 0.3 is 0 Å². The molecule has 0 saturated heterocycles. The van der Waals surface area contributed by atoms with E-state index < -0.39 is 30.2 Å². The maximum Gasteiger partial charge on any atom is 0.263 e. The van der Waals surface area contributed by atoms with E-state index in [9.17, 15) is 18.7 Å². The average Bonchev–Trinajstić information content (AvgIpc) is 3.13. The number of carbonyl (C=O) groups is 1. The lowest BCUT2D eigenvalue weighted by atomic mass is 10.1. The van der Waals surface area contributed by atoms with Gasteiger partial charge in [-0.25, -0.2) is 13.8 Å². The number of aliphatic hydroxyl groups is 1. The van der Waals surface area contributed by atoms with E-state index in [1.807, 2.05) is 31.2 Å². The second kappa shape index (κ2) is 8.24. The summed E-state index contributed by atoms with van der Waals surface area (Å²) >= 11 is 1.11. The van der Waals surface area contributed by atoms with Crippen LogP contribution in [0.25, 0.3) is 0 Å². The number of amides is 1. The molecule has 3 N–H and O–H groups in total. The van der Waals surface area contributed by atoms with Crippen LogP contribution in [-0.2, 0) is 0 Å². The van der Waals surface area contributed by atoms with Crippen LogP contribution in [0.1, 0.15) is 26.8 Å². The van der Waals surface area contributed by atoms with Crippen LogP contribution in [0.5, 0.6) is 0 Å². The van der Waals surface area contributed by atoms with Gasteiger partial charge in [-0.1, -0.05) is 41.2 Å². The molecule has 1 heterocycles. The number of nitrogens with one attached hydrogen (secondary N) is 2. The minimum absolute atomic E-state index is 0.117. The van der Waals surface area contributed by atoms with Crippen LogP contribution in [-0.4, -0.2) is 22.6 Å². The second-order valence-electron chi connectivity index (χ2n) is 5.87. The third-order valence-electron chi connectivity index (χ3n) is 3.88. The summed E-state index contributed by atoms with van der Waals surface area (Å²) in [6.07, 6.45) is 1.38. The van der Waals surface area contributed by atoms with Crippen molar-refractivity contribution in [3.8, 4) is 0 Å². The van der Waals surface area contributed by atoms with Crippen molar-refractivity contribution in [2.24, 2.45) is 0 Å². The average molecular weight is 389 g/mol. The van der Waals surface area contributed by atoms with Crippen molar-refractivity contribution < 1.29 is 18.7 Å². The highest BCUT2D eigenvalue weighted by molar-refractivity contribution is 7.17. The minimum atomic E-state index is -1.09. The lowest BCUT2D eigenvalue weighted by Gasteiger charge is -2.17. The fourth-order valence-corrected chi connectivity index (χ4v) is 3.18. The first-order valence-corrected chi connectivity index (χ1v) is 8.94. The molecule has 1 aromatic heterocycles. The number of hydrogen-bond donors (Lipinski definition) is 3. The molecule has 140 valence electrons. The Hall–Kier alpha value is -2.84. The van der Waals surface area contributed by atoms with Crippen molar-refractivity contribution in [3.05, 3.63) is 76.3 Å². The fraction of sp³-hybridized carbons (Fsp3) is 0.158. The minimum Gasteiger partial charge on any atom is -0.394 e. The lowest BCUT2D eigenvalue weighted by Crippen LogP contribution is -2.31. The summed E-state index contributed by atoms with van der Waals surface area (Å²) < 4.78 is 27.3. The molecular weight excluding hydrogens is 372 g/mol. The molecule has 0 fully saturated rings. The van der Waals surface area contributed by atoms with Crippen LogP contribution < -0.4 is 10.6 Å². The molecule has 2 aromatic carbocycles. The first-order chi connectivity index (χ1) is 13.0. The van der Waals surface area contributed by atoms with E-state index in [1.165, 1.54) is 18.3 Å². The zero-order chi connectivity index (χ0) is 19.4. The zero-order valence-corrected chi connectivity index (χ0v) is 15.2. The Morgan fingerprint density at radius 2 is 1.96 bits per heavy atom. The van der Waals surface area contributed by atoms with E-state index in [2.05, 4.69) is 15.6 Å². The van der Waals surface area contributed by atoms with Gasteiger partial charge in [-0.3, -0.25) is 4.79 Å². The maximum atomic E-state index is 13.9.